The maximum Gasteiger partial charge on any atom is 0.234 e. The van der Waals surface area contributed by atoms with Gasteiger partial charge in [-0.15, -0.1) is 23.1 Å². The fourth-order valence-corrected chi connectivity index (χ4v) is 4.91. The number of aromatic nitrogens is 1. The van der Waals surface area contributed by atoms with Crippen LogP contribution in [0.3, 0.4) is 0 Å². The summed E-state index contributed by atoms with van der Waals surface area (Å²) in [4.78, 5) is 28.6. The lowest BCUT2D eigenvalue weighted by molar-refractivity contribution is -0.116. The Morgan fingerprint density at radius 2 is 1.93 bits per heavy atom. The van der Waals surface area contributed by atoms with Crippen LogP contribution in [0.25, 0.3) is 0 Å². The first-order chi connectivity index (χ1) is 14.1. The molecule has 1 aromatic heterocycles. The van der Waals surface area contributed by atoms with Crippen LogP contribution in [-0.2, 0) is 15.3 Å². The van der Waals surface area contributed by atoms with Crippen LogP contribution in [0.2, 0.25) is 0 Å². The molecule has 8 heteroatoms. The molecule has 1 aliphatic carbocycles. The third-order valence-corrected chi connectivity index (χ3v) is 6.68. The molecule has 0 radical (unpaired) electrons. The summed E-state index contributed by atoms with van der Waals surface area (Å²) in [6.45, 7) is 0. The standard InChI is InChI=1S/C21H27N3O3S2/c1-27-18-9-7-16(8-10-18)22-20(26)14-28-12-17-13-29-21(23-17)24-19(25)11-6-15-4-2-3-5-15/h7-10,13,15H,2-6,11-12,14H2,1H3,(H,22,26)(H,23,24,25). The van der Waals surface area contributed by atoms with Gasteiger partial charge in [-0.1, -0.05) is 25.7 Å². The fourth-order valence-electron chi connectivity index (χ4n) is 3.37. The van der Waals surface area contributed by atoms with Gasteiger partial charge in [0.05, 0.1) is 18.6 Å². The highest BCUT2D eigenvalue weighted by atomic mass is 32.2. The number of amides is 2. The number of thiazole rings is 1. The van der Waals surface area contributed by atoms with Crippen molar-refractivity contribution in [2.75, 3.05) is 23.5 Å². The lowest BCUT2D eigenvalue weighted by atomic mass is 10.0. The zero-order chi connectivity index (χ0) is 20.5. The van der Waals surface area contributed by atoms with Gasteiger partial charge in [-0.05, 0) is 36.6 Å². The predicted octanol–water partition coefficient (Wildman–Crippen LogP) is 4.93. The molecule has 1 heterocycles. The second-order valence-corrected chi connectivity index (χ2v) is 8.99. The minimum Gasteiger partial charge on any atom is -0.497 e. The van der Waals surface area contributed by atoms with Gasteiger partial charge in [0, 0.05) is 23.2 Å². The molecule has 0 aliphatic heterocycles. The molecule has 2 aromatic rings. The quantitative estimate of drug-likeness (QED) is 0.555. The maximum atomic E-state index is 12.1. The van der Waals surface area contributed by atoms with E-state index < -0.39 is 0 Å². The maximum absolute atomic E-state index is 12.1. The first kappa shape index (κ1) is 21.6. The summed E-state index contributed by atoms with van der Waals surface area (Å²) in [6.07, 6.45) is 6.68. The van der Waals surface area contributed by atoms with E-state index in [1.54, 1.807) is 7.11 Å². The summed E-state index contributed by atoms with van der Waals surface area (Å²) in [6, 6.07) is 7.23. The molecule has 1 saturated carbocycles. The van der Waals surface area contributed by atoms with Crippen molar-refractivity contribution in [3.05, 3.63) is 35.3 Å². The third-order valence-electron chi connectivity index (χ3n) is 4.91. The number of ether oxygens (including phenoxy) is 1. The van der Waals surface area contributed by atoms with Crippen LogP contribution in [0.15, 0.2) is 29.6 Å². The smallest absolute Gasteiger partial charge is 0.234 e. The number of nitrogens with one attached hydrogen (secondary N) is 2. The molecule has 0 spiro atoms. The molecular weight excluding hydrogens is 406 g/mol. The van der Waals surface area contributed by atoms with Gasteiger partial charge in [0.2, 0.25) is 11.8 Å². The summed E-state index contributed by atoms with van der Waals surface area (Å²) in [5.74, 6) is 2.42. The molecule has 0 bridgehead atoms. The van der Waals surface area contributed by atoms with Crippen molar-refractivity contribution in [1.82, 2.24) is 4.98 Å². The lowest BCUT2D eigenvalue weighted by Crippen LogP contribution is -2.14. The average molecular weight is 434 g/mol. The summed E-state index contributed by atoms with van der Waals surface area (Å²) in [7, 11) is 1.61. The number of hydrogen-bond donors (Lipinski definition) is 2. The van der Waals surface area contributed by atoms with Gasteiger partial charge in [-0.3, -0.25) is 9.59 Å². The molecule has 29 heavy (non-hydrogen) atoms. The zero-order valence-corrected chi connectivity index (χ0v) is 18.2. The first-order valence-corrected chi connectivity index (χ1v) is 11.9. The van der Waals surface area contributed by atoms with E-state index in [2.05, 4.69) is 15.6 Å². The van der Waals surface area contributed by atoms with Crippen LogP contribution in [0.4, 0.5) is 10.8 Å². The molecule has 156 valence electrons. The van der Waals surface area contributed by atoms with E-state index in [-0.39, 0.29) is 11.8 Å². The van der Waals surface area contributed by atoms with Gasteiger partial charge in [-0.25, -0.2) is 4.98 Å². The van der Waals surface area contributed by atoms with Crippen LogP contribution >= 0.6 is 23.1 Å². The Balaban J connectivity index is 1.34. The minimum absolute atomic E-state index is 0.0457. The van der Waals surface area contributed by atoms with Crippen LogP contribution in [-0.4, -0.2) is 29.7 Å². The second-order valence-electron chi connectivity index (χ2n) is 7.15. The summed E-state index contributed by atoms with van der Waals surface area (Å²) in [5.41, 5.74) is 1.62. The average Bonchev–Trinajstić information content (AvgIpc) is 3.39. The molecule has 3 rings (SSSR count). The van der Waals surface area contributed by atoms with Gasteiger partial charge in [0.25, 0.3) is 0 Å². The van der Waals surface area contributed by atoms with Crippen molar-refractivity contribution in [2.45, 2.75) is 44.3 Å². The minimum atomic E-state index is -0.0594. The van der Waals surface area contributed by atoms with E-state index in [0.717, 1.165) is 23.6 Å². The fraction of sp³-hybridized carbons (Fsp3) is 0.476. The Morgan fingerprint density at radius 1 is 1.17 bits per heavy atom. The van der Waals surface area contributed by atoms with Crippen LogP contribution in [0.5, 0.6) is 5.75 Å². The molecule has 6 nitrogen and oxygen atoms in total. The second kappa shape index (κ2) is 11.2. The number of carbonyl (C=O) groups excluding carboxylic acids is 2. The molecule has 0 atom stereocenters. The Labute approximate surface area is 179 Å². The molecule has 0 unspecified atom stereocenters. The zero-order valence-electron chi connectivity index (χ0n) is 16.6. The van der Waals surface area contributed by atoms with E-state index in [1.807, 2.05) is 29.6 Å². The Kier molecular flexibility index (Phi) is 8.37. The van der Waals surface area contributed by atoms with Gasteiger partial charge in [0.1, 0.15) is 5.75 Å². The Hall–Kier alpha value is -2.06. The van der Waals surface area contributed by atoms with Gasteiger partial charge in [0.15, 0.2) is 5.13 Å². The summed E-state index contributed by atoms with van der Waals surface area (Å²) in [5, 5.41) is 8.33. The third kappa shape index (κ3) is 7.36. The topological polar surface area (TPSA) is 80.3 Å². The Bertz CT molecular complexity index is 802. The highest BCUT2D eigenvalue weighted by molar-refractivity contribution is 7.99. The number of anilines is 2. The largest absolute Gasteiger partial charge is 0.497 e. The van der Waals surface area contributed by atoms with Crippen molar-refractivity contribution >= 4 is 45.7 Å². The number of thioether (sulfide) groups is 1. The van der Waals surface area contributed by atoms with Gasteiger partial charge >= 0.3 is 0 Å². The molecule has 0 saturated heterocycles. The van der Waals surface area contributed by atoms with E-state index in [9.17, 15) is 9.59 Å². The lowest BCUT2D eigenvalue weighted by Gasteiger charge is -2.07. The van der Waals surface area contributed by atoms with Crippen molar-refractivity contribution in [2.24, 2.45) is 5.92 Å². The molecule has 2 amide bonds. The van der Waals surface area contributed by atoms with Gasteiger partial charge in [-0.2, -0.15) is 0 Å². The Morgan fingerprint density at radius 3 is 2.66 bits per heavy atom. The van der Waals surface area contributed by atoms with Crippen LogP contribution in [0, 0.1) is 5.92 Å². The monoisotopic (exact) mass is 433 g/mol. The van der Waals surface area contributed by atoms with Crippen LogP contribution < -0.4 is 15.4 Å². The summed E-state index contributed by atoms with van der Waals surface area (Å²) >= 11 is 2.93. The van der Waals surface area contributed by atoms with Crippen LogP contribution in [0.1, 0.15) is 44.2 Å². The van der Waals surface area contributed by atoms with E-state index in [4.69, 9.17) is 4.74 Å². The van der Waals surface area contributed by atoms with Crippen molar-refractivity contribution in [3.63, 3.8) is 0 Å². The summed E-state index contributed by atoms with van der Waals surface area (Å²) < 4.78 is 5.10. The SMILES string of the molecule is COc1ccc(NC(=O)CSCc2csc(NC(=O)CCC3CCCC3)n2)cc1. The molecule has 1 aliphatic rings. The molecule has 2 N–H and O–H groups in total. The molecular formula is C21H27N3O3S2. The number of benzene rings is 1. The first-order valence-electron chi connectivity index (χ1n) is 9.88. The van der Waals surface area contributed by atoms with Crippen molar-refractivity contribution in [3.8, 4) is 5.75 Å². The van der Waals surface area contributed by atoms with E-state index in [0.29, 0.717) is 29.0 Å². The molecule has 1 fully saturated rings. The normalized spacial score (nSPS) is 14.0. The number of methoxy groups -OCH3 is 1. The highest BCUT2D eigenvalue weighted by Gasteiger charge is 2.16. The number of carbonyl (C=O) groups is 2. The number of hydrogen-bond acceptors (Lipinski definition) is 6. The number of rotatable bonds is 10. The highest BCUT2D eigenvalue weighted by Crippen LogP contribution is 2.28. The predicted molar refractivity (Wildman–Crippen MR) is 120 cm³/mol. The van der Waals surface area contributed by atoms with E-state index >= 15 is 0 Å². The van der Waals surface area contributed by atoms with Gasteiger partial charge < -0.3 is 15.4 Å². The van der Waals surface area contributed by atoms with E-state index in [1.165, 1.54) is 48.8 Å². The number of nitrogens with zero attached hydrogens (tertiary/aromatic N) is 1. The van der Waals surface area contributed by atoms with Crippen molar-refractivity contribution < 1.29 is 14.3 Å². The van der Waals surface area contributed by atoms with Crippen molar-refractivity contribution in [1.29, 1.82) is 0 Å². The molecule has 1 aromatic carbocycles.